The molecule has 1 unspecified atom stereocenters. The lowest BCUT2D eigenvalue weighted by Crippen LogP contribution is -2.49. The highest BCUT2D eigenvalue weighted by atomic mass is 16.5. The minimum absolute atomic E-state index is 0.00787. The van der Waals surface area contributed by atoms with E-state index < -0.39 is 50.3 Å². The number of nitrogens with two attached hydrogens (primary N) is 8. The maximum atomic E-state index is 10.2. The van der Waals surface area contributed by atoms with Gasteiger partial charge in [0, 0.05) is 68.1 Å². The summed E-state index contributed by atoms with van der Waals surface area (Å²) in [6.07, 6.45) is 7.62. The number of methoxy groups -OCH3 is 2. The molecule has 0 saturated carbocycles. The fourth-order valence-corrected chi connectivity index (χ4v) is 16.4. The Hall–Kier alpha value is -4.68. The first-order valence-electron chi connectivity index (χ1n) is 46.1. The number of benzene rings is 5. The molecule has 0 heterocycles. The lowest BCUT2D eigenvalue weighted by Gasteiger charge is -2.43. The number of fused-ring (bicyclic) bond motifs is 1. The molecule has 0 aliphatic rings. The van der Waals surface area contributed by atoms with E-state index in [0.29, 0.717) is 61.2 Å². The van der Waals surface area contributed by atoms with E-state index in [1.807, 2.05) is 255 Å². The highest BCUT2D eigenvalue weighted by molar-refractivity contribution is 5.86. The largest absolute Gasteiger partial charge is 0.497 e. The molecule has 18 heteroatoms. The van der Waals surface area contributed by atoms with Crippen LogP contribution in [0.25, 0.3) is 10.8 Å². The highest BCUT2D eigenvalue weighted by Gasteiger charge is 2.41. The van der Waals surface area contributed by atoms with Gasteiger partial charge in [-0.15, -0.1) is 0 Å². The number of hydrogen-bond donors (Lipinski definition) is 16. The van der Waals surface area contributed by atoms with Crippen LogP contribution in [0.2, 0.25) is 0 Å². The number of aliphatic hydroxyl groups is 8. The van der Waals surface area contributed by atoms with Crippen molar-refractivity contribution in [2.24, 2.45) is 92.7 Å². The first kappa shape index (κ1) is 124. The molecule has 0 bridgehead atoms. The third kappa shape index (κ3) is 58.0. The van der Waals surface area contributed by atoms with Gasteiger partial charge < -0.3 is 96.2 Å². The van der Waals surface area contributed by atoms with Gasteiger partial charge in [0.05, 0.1) is 59.0 Å². The average Bonchev–Trinajstić information content (AvgIpc) is 0.772. The minimum Gasteiger partial charge on any atom is -0.497 e. The second-order valence-corrected chi connectivity index (χ2v) is 48.5. The van der Waals surface area contributed by atoms with Gasteiger partial charge in [-0.2, -0.15) is 0 Å². The Morgan fingerprint density at radius 1 is 0.304 bits per heavy atom. The zero-order valence-electron chi connectivity index (χ0n) is 87.9. The van der Waals surface area contributed by atoms with Crippen molar-refractivity contribution in [3.8, 4) is 11.5 Å². The first-order valence-corrected chi connectivity index (χ1v) is 46.1. The minimum atomic E-state index is -0.794. The van der Waals surface area contributed by atoms with Crippen molar-refractivity contribution in [1.82, 2.24) is 0 Å². The van der Waals surface area contributed by atoms with Crippen LogP contribution >= 0.6 is 0 Å². The summed E-state index contributed by atoms with van der Waals surface area (Å²) in [7, 11) is 3.24. The van der Waals surface area contributed by atoms with Crippen LogP contribution < -0.4 is 55.3 Å². The van der Waals surface area contributed by atoms with Crippen molar-refractivity contribution in [3.63, 3.8) is 0 Å². The predicted octanol–water partition coefficient (Wildman–Crippen LogP) is 20.7. The zero-order valence-corrected chi connectivity index (χ0v) is 87.9. The smallest absolute Gasteiger partial charge is 0.122 e. The Kier molecular flexibility index (Phi) is 49.5. The summed E-state index contributed by atoms with van der Waals surface area (Å²) < 4.78 is 10.6. The first-order chi connectivity index (χ1) is 55.2. The fourth-order valence-electron chi connectivity index (χ4n) is 16.4. The lowest BCUT2D eigenvalue weighted by molar-refractivity contribution is 0.00735. The van der Waals surface area contributed by atoms with Gasteiger partial charge in [-0.1, -0.05) is 165 Å². The molecule has 24 N–H and O–H groups in total. The van der Waals surface area contributed by atoms with E-state index in [1.165, 1.54) is 27.5 Å². The topological polar surface area (TPSA) is 388 Å². The molecule has 0 spiro atoms. The van der Waals surface area contributed by atoms with Gasteiger partial charge in [-0.25, -0.2) is 0 Å². The predicted molar refractivity (Wildman–Crippen MR) is 539 cm³/mol. The van der Waals surface area contributed by atoms with Crippen LogP contribution in [-0.4, -0.2) is 144 Å². The van der Waals surface area contributed by atoms with Gasteiger partial charge in [0.15, 0.2) is 0 Å². The van der Waals surface area contributed by atoms with Crippen molar-refractivity contribution >= 4 is 10.8 Å². The van der Waals surface area contributed by atoms with E-state index in [4.69, 9.17) is 55.3 Å². The van der Waals surface area contributed by atoms with E-state index >= 15 is 0 Å². The molecule has 0 fully saturated rings. The summed E-state index contributed by atoms with van der Waals surface area (Å²) in [5, 5.41) is 81.7. The van der Waals surface area contributed by atoms with Gasteiger partial charge >= 0.3 is 0 Å². The second kappa shape index (κ2) is 49.7. The molecule has 18 nitrogen and oxygen atoms in total. The van der Waals surface area contributed by atoms with Crippen LogP contribution in [-0.2, 0) is 6.42 Å². The number of rotatable bonds is 34. The Morgan fingerprint density at radius 2 is 0.632 bits per heavy atom. The molecule has 0 radical (unpaired) electrons. The van der Waals surface area contributed by atoms with Crippen LogP contribution in [0.5, 0.6) is 11.5 Å². The van der Waals surface area contributed by atoms with E-state index in [2.05, 4.69) is 130 Å². The quantitative estimate of drug-likeness (QED) is 0.0182. The normalized spacial score (nSPS) is 15.5. The molecule has 125 heavy (non-hydrogen) atoms. The fraction of sp³-hybridized carbons (Fsp3) is 0.738. The maximum absolute atomic E-state index is 10.2. The second-order valence-electron chi connectivity index (χ2n) is 48.5. The van der Waals surface area contributed by atoms with E-state index in [0.717, 1.165) is 55.6 Å². The van der Waals surface area contributed by atoms with Crippen LogP contribution in [0.15, 0.2) is 121 Å². The lowest BCUT2D eigenvalue weighted by atomic mass is 9.66. The Morgan fingerprint density at radius 3 is 0.912 bits per heavy atom. The molecular weight excluding hydrogens is 1560 g/mol. The summed E-state index contributed by atoms with van der Waals surface area (Å²) in [6.45, 7) is 78.9. The average molecular weight is 1760 g/mol. The monoisotopic (exact) mass is 1760 g/mol. The molecule has 728 valence electrons. The Bertz CT molecular complexity index is 3670. The molecule has 0 aliphatic heterocycles. The van der Waals surface area contributed by atoms with Crippen molar-refractivity contribution < 1.29 is 50.3 Å². The summed E-state index contributed by atoms with van der Waals surface area (Å²) in [6, 6.07) is 40.9. The van der Waals surface area contributed by atoms with Gasteiger partial charge in [0.2, 0.25) is 0 Å². The molecule has 0 saturated heterocycles. The number of ether oxygens (including phenoxy) is 2. The molecule has 0 amide bonds. The zero-order chi connectivity index (χ0) is 99.5. The van der Waals surface area contributed by atoms with E-state index in [-0.39, 0.29) is 67.9 Å². The van der Waals surface area contributed by atoms with Crippen LogP contribution in [0, 0.1) is 46.8 Å². The van der Waals surface area contributed by atoms with Gasteiger partial charge in [-0.05, 0) is 371 Å². The van der Waals surface area contributed by atoms with Gasteiger partial charge in [0.25, 0.3) is 0 Å². The van der Waals surface area contributed by atoms with Crippen molar-refractivity contribution in [3.05, 3.63) is 144 Å². The molecule has 5 aromatic rings. The summed E-state index contributed by atoms with van der Waals surface area (Å²) in [4.78, 5) is 0. The summed E-state index contributed by atoms with van der Waals surface area (Å²) >= 11 is 0. The molecule has 5 aromatic carbocycles. The van der Waals surface area contributed by atoms with Crippen molar-refractivity contribution in [1.29, 1.82) is 0 Å². The van der Waals surface area contributed by atoms with E-state index in [1.54, 1.807) is 28.1 Å². The Labute approximate surface area is 766 Å². The summed E-state index contributed by atoms with van der Waals surface area (Å²) in [5.74, 6) is 4.40. The standard InChI is InChI=1S/C18H25NO.C16H27NO3.C15H25NO.C14H23NO.2C12H27NO.C11H25NO.C9H21NO/c1-17(2,20)12-16(18(3,4)19)15-11-7-9-13-8-5-6-10-14(13)15;1-15(2,18)10-14(16(3,4)17)11-7-12(19-5)9-13(8-11)20-6;1-14(2,17)11-13(15(3,4)16)10-12-8-6-5-7-9-12;1-13(2,16)10-12(14(3,4)15)11-8-6-5-7-9-11;1-10(2,3)9(12(6,7)13)8-11(4,5)14;1-7-9(2)10(12(5,6)13)8-11(3,4)14;1-8(2)9(11(5,6)12)7-10(3,4)13;1-7(9(4,5)10)6-8(2,3)11/h5-11,16,20H,12,19H2,1-4H3;7-9,14,18H,10,17H2,1-6H3;5-9,13,17H,10-11,16H2,1-4H3;5-9,12,16H,10,15H2,1-4H3;9,14H,8,13H2,1-7H3;9-10,14H,7-8,13H2,1-6H3;8-9,13H,7,12H2,1-6H3;7,11H,6,10H2,1-5H3/t16-;14-;13-;12-;9-;9?,10-;9-;7-/m11011110/s1. The van der Waals surface area contributed by atoms with Crippen molar-refractivity contribution in [2.75, 3.05) is 14.2 Å². The molecule has 0 aromatic heterocycles. The van der Waals surface area contributed by atoms with Gasteiger partial charge in [-0.3, -0.25) is 0 Å². The van der Waals surface area contributed by atoms with Crippen LogP contribution in [0.4, 0.5) is 0 Å². The SMILES string of the molecule is CC(C)(O)C[C@H](C(C)(C)C)C(C)(C)N.CC(C)(O)C[C@H](Cc1ccccc1)C(C)(C)N.CC(C)(O)C[C@H](c1cccc2ccccc12)C(C)(C)N.CC(C)(O)C[C@H](c1ccccc1)C(C)(C)N.CC(C)[C@@H](CC(C)(C)O)C(C)(C)N.CCC(C)[C@@H](CC(C)(C)O)C(C)(C)N.COc1cc(OC)cc([C@@H](CC(C)(C)O)C(C)(C)N)c1.C[C@@H](CC(C)(C)O)C(C)(C)N. The molecule has 9 atom stereocenters. The third-order valence-electron chi connectivity index (χ3n) is 23.3. The van der Waals surface area contributed by atoms with Crippen LogP contribution in [0.1, 0.15) is 375 Å². The van der Waals surface area contributed by atoms with Crippen molar-refractivity contribution in [2.45, 2.75) is 448 Å². The maximum Gasteiger partial charge on any atom is 0.122 e. The molecule has 0 aliphatic carbocycles. The van der Waals surface area contributed by atoms with Gasteiger partial charge in [0.1, 0.15) is 11.5 Å². The van der Waals surface area contributed by atoms with E-state index in [9.17, 15) is 40.9 Å². The van der Waals surface area contributed by atoms with Crippen LogP contribution in [0.3, 0.4) is 0 Å². The molecule has 5 rings (SSSR count). The third-order valence-corrected chi connectivity index (χ3v) is 23.3. The highest BCUT2D eigenvalue weighted by Crippen LogP contribution is 2.43. The molecular formula is C107H200N8O10. The number of hydrogen-bond acceptors (Lipinski definition) is 18. The summed E-state index contributed by atoms with van der Waals surface area (Å²) in [5.41, 5.74) is 46.5. The Balaban J connectivity index is -0.00000137.